The highest BCUT2D eigenvalue weighted by atomic mass is 32.1. The molecule has 1 fully saturated rings. The molecule has 1 N–H and O–H groups in total. The Hall–Kier alpha value is -0.540. The van der Waals surface area contributed by atoms with Crippen molar-refractivity contribution < 1.29 is 0 Å². The van der Waals surface area contributed by atoms with Crippen molar-refractivity contribution >= 4 is 16.3 Å². The van der Waals surface area contributed by atoms with E-state index in [1.54, 1.807) is 0 Å². The quantitative estimate of drug-likeness (QED) is 0.849. The Morgan fingerprint density at radius 1 is 1.40 bits per heavy atom. The van der Waals surface area contributed by atoms with E-state index in [1.165, 1.54) is 30.9 Å². The summed E-state index contributed by atoms with van der Waals surface area (Å²) >= 11 is 1.85. The van der Waals surface area contributed by atoms with Gasteiger partial charge in [0.15, 0.2) is 0 Å². The van der Waals surface area contributed by atoms with Crippen LogP contribution in [0.2, 0.25) is 0 Å². The molecule has 0 amide bonds. The standard InChI is InChI=1S/C12H20N2S/c1-10(2)13-11-5-7-14(8-6-11)12-4-3-9-15-12/h3-4,9-11,13H,5-8H2,1-2H3. The van der Waals surface area contributed by atoms with Crippen molar-refractivity contribution in [3.8, 4) is 0 Å². The van der Waals surface area contributed by atoms with E-state index < -0.39 is 0 Å². The smallest absolute Gasteiger partial charge is 0.0908 e. The first-order chi connectivity index (χ1) is 7.25. The SMILES string of the molecule is CC(C)NC1CCN(c2cccs2)CC1. The normalized spacial score (nSPS) is 18.7. The summed E-state index contributed by atoms with van der Waals surface area (Å²) in [6, 6.07) is 5.70. The molecule has 0 saturated carbocycles. The molecule has 1 saturated heterocycles. The second-order valence-corrected chi connectivity index (χ2v) is 5.46. The van der Waals surface area contributed by atoms with Gasteiger partial charge in [-0.15, -0.1) is 11.3 Å². The number of piperidine rings is 1. The molecular formula is C12H20N2S. The maximum atomic E-state index is 3.62. The molecule has 1 aromatic rings. The zero-order valence-corrected chi connectivity index (χ0v) is 10.4. The van der Waals surface area contributed by atoms with Crippen LogP contribution in [0, 0.1) is 0 Å². The number of nitrogens with zero attached hydrogens (tertiary/aromatic N) is 1. The van der Waals surface area contributed by atoms with Crippen LogP contribution in [-0.2, 0) is 0 Å². The molecule has 0 spiro atoms. The number of thiophene rings is 1. The fraction of sp³-hybridized carbons (Fsp3) is 0.667. The van der Waals surface area contributed by atoms with Gasteiger partial charge in [0.25, 0.3) is 0 Å². The van der Waals surface area contributed by atoms with Gasteiger partial charge >= 0.3 is 0 Å². The predicted molar refractivity (Wildman–Crippen MR) is 67.8 cm³/mol. The Kier molecular flexibility index (Phi) is 3.65. The Labute approximate surface area is 96.3 Å². The first-order valence-electron chi connectivity index (χ1n) is 5.80. The van der Waals surface area contributed by atoms with Crippen LogP contribution in [0.25, 0.3) is 0 Å². The number of nitrogens with one attached hydrogen (secondary N) is 1. The molecule has 1 aliphatic rings. The predicted octanol–water partition coefficient (Wildman–Crippen LogP) is 2.71. The van der Waals surface area contributed by atoms with E-state index in [0.717, 1.165) is 6.04 Å². The summed E-state index contributed by atoms with van der Waals surface area (Å²) in [6.07, 6.45) is 2.55. The highest BCUT2D eigenvalue weighted by molar-refractivity contribution is 7.14. The van der Waals surface area contributed by atoms with Crippen LogP contribution in [-0.4, -0.2) is 25.2 Å². The van der Waals surface area contributed by atoms with Gasteiger partial charge in [-0.1, -0.05) is 13.8 Å². The summed E-state index contributed by atoms with van der Waals surface area (Å²) < 4.78 is 0. The van der Waals surface area contributed by atoms with Crippen LogP contribution < -0.4 is 10.2 Å². The summed E-state index contributed by atoms with van der Waals surface area (Å²) in [4.78, 5) is 2.50. The first kappa shape index (κ1) is 11.0. The average molecular weight is 224 g/mol. The molecule has 15 heavy (non-hydrogen) atoms. The van der Waals surface area contributed by atoms with E-state index in [9.17, 15) is 0 Å². The highest BCUT2D eigenvalue weighted by Crippen LogP contribution is 2.24. The summed E-state index contributed by atoms with van der Waals surface area (Å²) in [6.45, 7) is 6.85. The minimum atomic E-state index is 0.614. The van der Waals surface area contributed by atoms with E-state index in [4.69, 9.17) is 0 Å². The molecule has 2 heterocycles. The molecule has 3 heteroatoms. The highest BCUT2D eigenvalue weighted by Gasteiger charge is 2.19. The van der Waals surface area contributed by atoms with Crippen LogP contribution >= 0.6 is 11.3 Å². The Balaban J connectivity index is 1.82. The lowest BCUT2D eigenvalue weighted by Gasteiger charge is -2.33. The zero-order chi connectivity index (χ0) is 10.7. The zero-order valence-electron chi connectivity index (χ0n) is 9.57. The Morgan fingerprint density at radius 3 is 2.67 bits per heavy atom. The molecule has 2 nitrogen and oxygen atoms in total. The van der Waals surface area contributed by atoms with Crippen LogP contribution in [0.3, 0.4) is 0 Å². The van der Waals surface area contributed by atoms with Crippen molar-refractivity contribution in [3.05, 3.63) is 17.5 Å². The van der Waals surface area contributed by atoms with Crippen LogP contribution in [0.1, 0.15) is 26.7 Å². The van der Waals surface area contributed by atoms with Crippen molar-refractivity contribution in [2.24, 2.45) is 0 Å². The first-order valence-corrected chi connectivity index (χ1v) is 6.68. The van der Waals surface area contributed by atoms with Gasteiger partial charge in [0.1, 0.15) is 0 Å². The van der Waals surface area contributed by atoms with Crippen molar-refractivity contribution in [1.29, 1.82) is 0 Å². The van der Waals surface area contributed by atoms with Crippen LogP contribution in [0.15, 0.2) is 17.5 Å². The number of rotatable bonds is 3. The monoisotopic (exact) mass is 224 g/mol. The van der Waals surface area contributed by atoms with Crippen molar-refractivity contribution in [3.63, 3.8) is 0 Å². The molecule has 0 atom stereocenters. The van der Waals surface area contributed by atoms with Gasteiger partial charge in [0.2, 0.25) is 0 Å². The second-order valence-electron chi connectivity index (χ2n) is 4.53. The lowest BCUT2D eigenvalue weighted by atomic mass is 10.0. The van der Waals surface area contributed by atoms with E-state index in [2.05, 4.69) is 41.6 Å². The third kappa shape index (κ3) is 2.95. The summed E-state index contributed by atoms with van der Waals surface area (Å²) in [7, 11) is 0. The van der Waals surface area contributed by atoms with E-state index >= 15 is 0 Å². The van der Waals surface area contributed by atoms with Crippen molar-refractivity contribution in [2.45, 2.75) is 38.8 Å². The number of hydrogen-bond donors (Lipinski definition) is 1. The molecule has 0 aromatic carbocycles. The summed E-state index contributed by atoms with van der Waals surface area (Å²) in [5.41, 5.74) is 0. The molecule has 0 unspecified atom stereocenters. The van der Waals surface area contributed by atoms with Crippen molar-refractivity contribution in [2.75, 3.05) is 18.0 Å². The summed E-state index contributed by atoms with van der Waals surface area (Å²) in [5, 5.41) is 7.21. The van der Waals surface area contributed by atoms with Gasteiger partial charge in [0, 0.05) is 25.2 Å². The molecule has 0 radical (unpaired) electrons. The minimum absolute atomic E-state index is 0.614. The summed E-state index contributed by atoms with van der Waals surface area (Å²) in [5.74, 6) is 0. The molecule has 1 aromatic heterocycles. The largest absolute Gasteiger partial charge is 0.363 e. The maximum Gasteiger partial charge on any atom is 0.0908 e. The topological polar surface area (TPSA) is 15.3 Å². The minimum Gasteiger partial charge on any atom is -0.363 e. The molecule has 0 bridgehead atoms. The lowest BCUT2D eigenvalue weighted by molar-refractivity contribution is 0.388. The number of hydrogen-bond acceptors (Lipinski definition) is 3. The van der Waals surface area contributed by atoms with Gasteiger partial charge in [-0.05, 0) is 30.4 Å². The van der Waals surface area contributed by atoms with E-state index in [0.29, 0.717) is 6.04 Å². The molecule has 84 valence electrons. The van der Waals surface area contributed by atoms with Crippen LogP contribution in [0.4, 0.5) is 5.00 Å². The maximum absolute atomic E-state index is 3.62. The molecule has 2 rings (SSSR count). The van der Waals surface area contributed by atoms with Gasteiger partial charge < -0.3 is 10.2 Å². The van der Waals surface area contributed by atoms with E-state index in [1.807, 2.05) is 11.3 Å². The lowest BCUT2D eigenvalue weighted by Crippen LogP contribution is -2.44. The molecule has 1 aliphatic heterocycles. The van der Waals surface area contributed by atoms with E-state index in [-0.39, 0.29) is 0 Å². The third-order valence-electron chi connectivity index (χ3n) is 2.88. The Bertz CT molecular complexity index is 274. The van der Waals surface area contributed by atoms with Gasteiger partial charge in [0.05, 0.1) is 5.00 Å². The third-order valence-corrected chi connectivity index (χ3v) is 3.81. The fourth-order valence-corrected chi connectivity index (χ4v) is 2.97. The van der Waals surface area contributed by atoms with Crippen LogP contribution in [0.5, 0.6) is 0 Å². The van der Waals surface area contributed by atoms with Gasteiger partial charge in [-0.25, -0.2) is 0 Å². The van der Waals surface area contributed by atoms with Crippen molar-refractivity contribution in [1.82, 2.24) is 5.32 Å². The second kappa shape index (κ2) is 4.99. The molecule has 0 aliphatic carbocycles. The van der Waals surface area contributed by atoms with Gasteiger partial charge in [-0.3, -0.25) is 0 Å². The fourth-order valence-electron chi connectivity index (χ4n) is 2.19. The van der Waals surface area contributed by atoms with Gasteiger partial charge in [-0.2, -0.15) is 0 Å². The Morgan fingerprint density at radius 2 is 2.13 bits per heavy atom. The average Bonchev–Trinajstić information content (AvgIpc) is 2.71. The number of anilines is 1. The molecular weight excluding hydrogens is 204 g/mol.